The molecule has 9 heteroatoms. The summed E-state index contributed by atoms with van der Waals surface area (Å²) in [6.45, 7) is 5.91. The molecule has 0 unspecified atom stereocenters. The number of rotatable bonds is 9. The molecule has 0 aromatic heterocycles. The minimum atomic E-state index is -3.51. The number of hydrogen-bond donors (Lipinski definition) is 1. The fraction of sp³-hybridized carbons (Fsp3) is 0.556. The topological polar surface area (TPSA) is 86.8 Å². The van der Waals surface area contributed by atoms with Crippen LogP contribution in [0.3, 0.4) is 0 Å². The molecule has 0 saturated carbocycles. The Bertz CT molecular complexity index is 750. The predicted octanol–water partition coefficient (Wildman–Crippen LogP) is 1.72. The quantitative estimate of drug-likeness (QED) is 0.662. The predicted molar refractivity (Wildman–Crippen MR) is 107 cm³/mol. The Morgan fingerprint density at radius 3 is 2.19 bits per heavy atom. The van der Waals surface area contributed by atoms with Gasteiger partial charge in [0.25, 0.3) is 0 Å². The molecule has 0 aliphatic rings. The second kappa shape index (κ2) is 10.1. The molecule has 1 aromatic carbocycles. The summed E-state index contributed by atoms with van der Waals surface area (Å²) in [6, 6.07) is 6.18. The minimum Gasteiger partial charge on any atom is -0.354 e. The Labute approximate surface area is 166 Å². The standard InChI is InChI=1S/C18H28ClN3O4S/c1-13(2)10-20-18(24)14(3)22(11-15-6-8-16(19)9-7-15)17(23)12-21(4)27(5,25)26/h6-9,13-14H,10-12H2,1-5H3,(H,20,24)/t14-/m0/s1. The van der Waals surface area contributed by atoms with Crippen LogP contribution in [0.15, 0.2) is 24.3 Å². The zero-order chi connectivity index (χ0) is 20.8. The van der Waals surface area contributed by atoms with E-state index in [0.717, 1.165) is 16.1 Å². The summed E-state index contributed by atoms with van der Waals surface area (Å²) < 4.78 is 24.2. The van der Waals surface area contributed by atoms with Crippen molar-refractivity contribution in [3.05, 3.63) is 34.9 Å². The lowest BCUT2D eigenvalue weighted by atomic mass is 10.1. The average Bonchev–Trinajstić information content (AvgIpc) is 2.57. The highest BCUT2D eigenvalue weighted by atomic mass is 35.5. The molecule has 0 spiro atoms. The van der Waals surface area contributed by atoms with E-state index < -0.39 is 22.0 Å². The number of nitrogens with zero attached hydrogens (tertiary/aromatic N) is 2. The Morgan fingerprint density at radius 1 is 1.15 bits per heavy atom. The molecule has 1 N–H and O–H groups in total. The Balaban J connectivity index is 3.01. The Morgan fingerprint density at radius 2 is 1.70 bits per heavy atom. The van der Waals surface area contributed by atoms with E-state index in [9.17, 15) is 18.0 Å². The summed E-state index contributed by atoms with van der Waals surface area (Å²) in [4.78, 5) is 26.6. The first-order valence-corrected chi connectivity index (χ1v) is 10.9. The highest BCUT2D eigenvalue weighted by Gasteiger charge is 2.28. The molecule has 0 bridgehead atoms. The fourth-order valence-electron chi connectivity index (χ4n) is 2.22. The molecule has 0 saturated heterocycles. The normalized spacial score (nSPS) is 12.9. The monoisotopic (exact) mass is 417 g/mol. The highest BCUT2D eigenvalue weighted by molar-refractivity contribution is 7.88. The first-order valence-electron chi connectivity index (χ1n) is 8.64. The summed E-state index contributed by atoms with van der Waals surface area (Å²) in [5.74, 6) is -0.462. The number of halogens is 1. The van der Waals surface area contributed by atoms with Gasteiger partial charge in [0, 0.05) is 25.2 Å². The van der Waals surface area contributed by atoms with E-state index in [-0.39, 0.29) is 24.9 Å². The smallest absolute Gasteiger partial charge is 0.242 e. The van der Waals surface area contributed by atoms with Crippen LogP contribution in [-0.4, -0.2) is 61.9 Å². The van der Waals surface area contributed by atoms with Crippen molar-refractivity contribution in [2.24, 2.45) is 5.92 Å². The van der Waals surface area contributed by atoms with Gasteiger partial charge in [-0.1, -0.05) is 37.6 Å². The van der Waals surface area contributed by atoms with Crippen molar-refractivity contribution in [3.63, 3.8) is 0 Å². The molecule has 2 amide bonds. The molecular formula is C18H28ClN3O4S. The first kappa shape index (κ1) is 23.4. The molecule has 7 nitrogen and oxygen atoms in total. The van der Waals surface area contributed by atoms with Crippen molar-refractivity contribution >= 4 is 33.4 Å². The van der Waals surface area contributed by atoms with E-state index in [0.29, 0.717) is 11.6 Å². The van der Waals surface area contributed by atoms with Gasteiger partial charge in [0.15, 0.2) is 0 Å². The van der Waals surface area contributed by atoms with Crippen molar-refractivity contribution < 1.29 is 18.0 Å². The number of sulfonamides is 1. The van der Waals surface area contributed by atoms with E-state index in [1.807, 2.05) is 13.8 Å². The van der Waals surface area contributed by atoms with Crippen LogP contribution in [0, 0.1) is 5.92 Å². The van der Waals surface area contributed by atoms with Crippen molar-refractivity contribution in [2.75, 3.05) is 26.4 Å². The molecule has 0 heterocycles. The number of carbonyl (C=O) groups excluding carboxylic acids is 2. The van der Waals surface area contributed by atoms with Gasteiger partial charge < -0.3 is 10.2 Å². The summed E-state index contributed by atoms with van der Waals surface area (Å²) in [5.41, 5.74) is 0.790. The van der Waals surface area contributed by atoms with Gasteiger partial charge in [-0.25, -0.2) is 8.42 Å². The van der Waals surface area contributed by atoms with Gasteiger partial charge in [0.1, 0.15) is 6.04 Å². The largest absolute Gasteiger partial charge is 0.354 e. The molecular weight excluding hydrogens is 390 g/mol. The summed E-state index contributed by atoms with van der Waals surface area (Å²) in [6.07, 6.45) is 1.03. The van der Waals surface area contributed by atoms with Crippen LogP contribution in [0.25, 0.3) is 0 Å². The molecule has 0 radical (unpaired) electrons. The molecule has 1 aromatic rings. The molecule has 0 fully saturated rings. The first-order chi connectivity index (χ1) is 12.4. The fourth-order valence-corrected chi connectivity index (χ4v) is 2.69. The maximum absolute atomic E-state index is 12.8. The lowest BCUT2D eigenvalue weighted by molar-refractivity contribution is -0.140. The van der Waals surface area contributed by atoms with E-state index >= 15 is 0 Å². The van der Waals surface area contributed by atoms with Crippen LogP contribution in [0.4, 0.5) is 0 Å². The van der Waals surface area contributed by atoms with E-state index in [1.54, 1.807) is 31.2 Å². The van der Waals surface area contributed by atoms with Crippen LogP contribution < -0.4 is 5.32 Å². The van der Waals surface area contributed by atoms with Crippen LogP contribution >= 0.6 is 11.6 Å². The number of hydrogen-bond acceptors (Lipinski definition) is 4. The Kier molecular flexibility index (Phi) is 8.71. The number of amides is 2. The molecule has 27 heavy (non-hydrogen) atoms. The molecule has 0 aliphatic heterocycles. The van der Waals surface area contributed by atoms with Crippen molar-refractivity contribution in [2.45, 2.75) is 33.4 Å². The third-order valence-electron chi connectivity index (χ3n) is 4.04. The van der Waals surface area contributed by atoms with E-state index in [1.165, 1.54) is 11.9 Å². The number of benzene rings is 1. The molecule has 0 aliphatic carbocycles. The van der Waals surface area contributed by atoms with Gasteiger partial charge in [-0.3, -0.25) is 9.59 Å². The third kappa shape index (κ3) is 7.86. The van der Waals surface area contributed by atoms with Crippen LogP contribution in [0.2, 0.25) is 5.02 Å². The highest BCUT2D eigenvalue weighted by Crippen LogP contribution is 2.14. The van der Waals surface area contributed by atoms with Gasteiger partial charge in [-0.05, 0) is 30.5 Å². The van der Waals surface area contributed by atoms with Crippen LogP contribution in [0.5, 0.6) is 0 Å². The van der Waals surface area contributed by atoms with Crippen LogP contribution in [0.1, 0.15) is 26.3 Å². The number of nitrogens with one attached hydrogen (secondary N) is 1. The van der Waals surface area contributed by atoms with Gasteiger partial charge in [0.2, 0.25) is 21.8 Å². The number of likely N-dealkylation sites (N-methyl/N-ethyl adjacent to an activating group) is 1. The van der Waals surface area contributed by atoms with Gasteiger partial charge >= 0.3 is 0 Å². The maximum Gasteiger partial charge on any atom is 0.242 e. The summed E-state index contributed by atoms with van der Waals surface area (Å²) in [5, 5.41) is 3.38. The minimum absolute atomic E-state index is 0.171. The second-order valence-corrected chi connectivity index (χ2v) is 9.51. The lowest BCUT2D eigenvalue weighted by Crippen LogP contribution is -2.51. The SMILES string of the molecule is CC(C)CNC(=O)[C@H](C)N(Cc1ccc(Cl)cc1)C(=O)CN(C)S(C)(=O)=O. The van der Waals surface area contributed by atoms with E-state index in [2.05, 4.69) is 5.32 Å². The average molecular weight is 418 g/mol. The molecule has 152 valence electrons. The second-order valence-electron chi connectivity index (χ2n) is 6.98. The third-order valence-corrected chi connectivity index (χ3v) is 5.56. The Hall–Kier alpha value is -1.64. The van der Waals surface area contributed by atoms with Crippen molar-refractivity contribution in [3.8, 4) is 0 Å². The van der Waals surface area contributed by atoms with Gasteiger partial charge in [-0.15, -0.1) is 0 Å². The summed E-state index contributed by atoms with van der Waals surface area (Å²) >= 11 is 5.90. The molecule has 1 atom stereocenters. The van der Waals surface area contributed by atoms with Crippen LogP contribution in [-0.2, 0) is 26.2 Å². The van der Waals surface area contributed by atoms with Crippen molar-refractivity contribution in [1.29, 1.82) is 0 Å². The van der Waals surface area contributed by atoms with E-state index in [4.69, 9.17) is 11.6 Å². The zero-order valence-corrected chi connectivity index (χ0v) is 18.0. The maximum atomic E-state index is 12.8. The van der Waals surface area contributed by atoms with Gasteiger partial charge in [-0.2, -0.15) is 4.31 Å². The summed E-state index contributed by atoms with van der Waals surface area (Å²) in [7, 11) is -2.18. The van der Waals surface area contributed by atoms with Gasteiger partial charge in [0.05, 0.1) is 12.8 Å². The zero-order valence-electron chi connectivity index (χ0n) is 16.4. The van der Waals surface area contributed by atoms with Crippen molar-refractivity contribution in [1.82, 2.24) is 14.5 Å². The lowest BCUT2D eigenvalue weighted by Gasteiger charge is -2.30. The number of carbonyl (C=O) groups is 2. The molecule has 1 rings (SSSR count).